The van der Waals surface area contributed by atoms with E-state index in [1.807, 2.05) is 0 Å². The zero-order valence-electron chi connectivity index (χ0n) is 12.3. The van der Waals surface area contributed by atoms with Crippen molar-refractivity contribution >= 4 is 28.7 Å². The standard InChI is InChI=1S/C13H14N6O4S/c20-4-7(5-21)16-11-10-12(17-9(22)3-14-10)19-13(18-11)24-6-8-1-2-15-23-8/h1-3,7,20-21H,4-6H2,(H2,16,17,18,19,22). The number of rotatable bonds is 7. The summed E-state index contributed by atoms with van der Waals surface area (Å²) in [6, 6.07) is 1.12. The van der Waals surface area contributed by atoms with Crippen molar-refractivity contribution in [1.29, 1.82) is 0 Å². The van der Waals surface area contributed by atoms with Gasteiger partial charge in [-0.25, -0.2) is 15.0 Å². The minimum atomic E-state index is -0.607. The predicted octanol–water partition coefficient (Wildman–Crippen LogP) is -0.242. The molecular weight excluding hydrogens is 336 g/mol. The molecule has 0 saturated carbocycles. The van der Waals surface area contributed by atoms with Crippen LogP contribution in [0.15, 0.2) is 32.9 Å². The summed E-state index contributed by atoms with van der Waals surface area (Å²) in [4.78, 5) is 26.7. The maximum Gasteiger partial charge on any atom is 0.268 e. The Morgan fingerprint density at radius 2 is 2.17 bits per heavy atom. The van der Waals surface area contributed by atoms with Gasteiger partial charge in [0.2, 0.25) is 0 Å². The zero-order chi connectivity index (χ0) is 16.9. The largest absolute Gasteiger partial charge is 0.394 e. The van der Waals surface area contributed by atoms with E-state index in [0.29, 0.717) is 28.0 Å². The van der Waals surface area contributed by atoms with Crippen LogP contribution < -0.4 is 10.9 Å². The van der Waals surface area contributed by atoms with Crippen molar-refractivity contribution in [2.45, 2.75) is 17.0 Å². The van der Waals surface area contributed by atoms with E-state index < -0.39 is 6.04 Å². The molecule has 11 heteroatoms. The van der Waals surface area contributed by atoms with E-state index in [1.165, 1.54) is 11.8 Å². The molecule has 0 saturated heterocycles. The Morgan fingerprint density at radius 1 is 1.33 bits per heavy atom. The molecule has 3 rings (SSSR count). The van der Waals surface area contributed by atoms with Crippen LogP contribution in [0.25, 0.3) is 11.2 Å². The number of aromatic nitrogens is 5. The van der Waals surface area contributed by atoms with Gasteiger partial charge in [-0.1, -0.05) is 16.9 Å². The molecule has 0 radical (unpaired) electrons. The van der Waals surface area contributed by atoms with E-state index in [1.54, 1.807) is 12.3 Å². The van der Waals surface area contributed by atoms with Crippen LogP contribution in [0.4, 0.5) is 5.82 Å². The van der Waals surface area contributed by atoms with Gasteiger partial charge in [0.05, 0.1) is 37.4 Å². The van der Waals surface area contributed by atoms with E-state index in [2.05, 4.69) is 30.4 Å². The first kappa shape index (κ1) is 16.4. The monoisotopic (exact) mass is 350 g/mol. The van der Waals surface area contributed by atoms with Gasteiger partial charge in [0, 0.05) is 6.07 Å². The third-order valence-electron chi connectivity index (χ3n) is 3.03. The number of hydrogen-bond acceptors (Lipinski definition) is 10. The summed E-state index contributed by atoms with van der Waals surface area (Å²) in [6.07, 6.45) is 2.66. The second-order valence-electron chi connectivity index (χ2n) is 4.77. The van der Waals surface area contributed by atoms with Crippen LogP contribution in [0, 0.1) is 0 Å². The van der Waals surface area contributed by atoms with Crippen molar-refractivity contribution in [1.82, 2.24) is 25.1 Å². The van der Waals surface area contributed by atoms with E-state index >= 15 is 0 Å². The molecule has 0 bridgehead atoms. The molecule has 24 heavy (non-hydrogen) atoms. The number of nitrogens with one attached hydrogen (secondary N) is 2. The lowest BCUT2D eigenvalue weighted by Gasteiger charge is -2.15. The first-order chi connectivity index (χ1) is 11.7. The molecule has 3 heterocycles. The molecule has 3 aromatic heterocycles. The van der Waals surface area contributed by atoms with Crippen molar-refractivity contribution in [2.24, 2.45) is 0 Å². The van der Waals surface area contributed by atoms with Crippen LogP contribution in [0.2, 0.25) is 0 Å². The lowest BCUT2D eigenvalue weighted by molar-refractivity contribution is 0.203. The van der Waals surface area contributed by atoms with Gasteiger partial charge in [0.1, 0.15) is 11.3 Å². The molecule has 0 amide bonds. The van der Waals surface area contributed by atoms with Crippen LogP contribution in [0.3, 0.4) is 0 Å². The van der Waals surface area contributed by atoms with E-state index in [9.17, 15) is 15.0 Å². The molecular formula is C13H14N6O4S. The Hall–Kier alpha value is -2.50. The summed E-state index contributed by atoms with van der Waals surface area (Å²) in [6.45, 7) is -0.572. The number of aliphatic hydroxyl groups is 2. The minimum Gasteiger partial charge on any atom is -0.394 e. The average molecular weight is 350 g/mol. The minimum absolute atomic E-state index is 0.259. The lowest BCUT2D eigenvalue weighted by Crippen LogP contribution is -2.28. The molecule has 0 atom stereocenters. The maximum absolute atomic E-state index is 11.5. The summed E-state index contributed by atoms with van der Waals surface area (Å²) in [5, 5.41) is 25.3. The number of anilines is 1. The fraction of sp³-hybridized carbons (Fsp3) is 0.308. The van der Waals surface area contributed by atoms with Crippen molar-refractivity contribution in [3.8, 4) is 0 Å². The SMILES string of the molecule is O=c1cnc2c(NC(CO)CO)nc(SCc3ccno3)nc2[nH]1. The number of H-pyrrole nitrogens is 1. The summed E-state index contributed by atoms with van der Waals surface area (Å²) in [5.74, 6) is 1.42. The summed E-state index contributed by atoms with van der Waals surface area (Å²) < 4.78 is 5.01. The second kappa shape index (κ2) is 7.38. The fourth-order valence-electron chi connectivity index (χ4n) is 1.88. The molecule has 0 fully saturated rings. The molecule has 0 aliphatic rings. The summed E-state index contributed by atoms with van der Waals surface area (Å²) in [7, 11) is 0. The first-order valence-electron chi connectivity index (χ1n) is 6.97. The van der Waals surface area contributed by atoms with Gasteiger partial charge in [-0.05, 0) is 0 Å². The number of nitrogens with zero attached hydrogens (tertiary/aromatic N) is 4. The topological polar surface area (TPSA) is 150 Å². The van der Waals surface area contributed by atoms with Gasteiger partial charge in [-0.2, -0.15) is 0 Å². The van der Waals surface area contributed by atoms with Gasteiger partial charge in [-0.3, -0.25) is 4.79 Å². The Bertz CT molecular complexity index is 865. The van der Waals surface area contributed by atoms with Gasteiger partial charge in [-0.15, -0.1) is 0 Å². The Balaban J connectivity index is 1.95. The lowest BCUT2D eigenvalue weighted by atomic mass is 10.3. The zero-order valence-corrected chi connectivity index (χ0v) is 13.2. The number of aromatic amines is 1. The van der Waals surface area contributed by atoms with E-state index in [0.717, 1.165) is 6.20 Å². The normalized spacial score (nSPS) is 11.3. The number of fused-ring (bicyclic) bond motifs is 1. The number of thioether (sulfide) groups is 1. The molecule has 3 aromatic rings. The Labute approximate surface area is 139 Å². The maximum atomic E-state index is 11.5. The van der Waals surface area contributed by atoms with Gasteiger partial charge in [0.15, 0.2) is 16.6 Å². The quantitative estimate of drug-likeness (QED) is 0.332. The van der Waals surface area contributed by atoms with Crippen molar-refractivity contribution in [3.05, 3.63) is 34.6 Å². The van der Waals surface area contributed by atoms with Crippen LogP contribution in [-0.2, 0) is 5.75 Å². The third kappa shape index (κ3) is 3.69. The number of aliphatic hydroxyl groups excluding tert-OH is 2. The van der Waals surface area contributed by atoms with Crippen LogP contribution in [-0.4, -0.2) is 54.6 Å². The Kier molecular flexibility index (Phi) is 5.03. The second-order valence-corrected chi connectivity index (χ2v) is 5.72. The van der Waals surface area contributed by atoms with E-state index in [4.69, 9.17) is 4.52 Å². The van der Waals surface area contributed by atoms with Gasteiger partial charge < -0.3 is 25.0 Å². The molecule has 10 nitrogen and oxygen atoms in total. The third-order valence-corrected chi connectivity index (χ3v) is 3.90. The fourth-order valence-corrected chi connectivity index (χ4v) is 2.61. The highest BCUT2D eigenvalue weighted by atomic mass is 32.2. The van der Waals surface area contributed by atoms with Crippen LogP contribution in [0.5, 0.6) is 0 Å². The van der Waals surface area contributed by atoms with Crippen LogP contribution >= 0.6 is 11.8 Å². The van der Waals surface area contributed by atoms with Gasteiger partial charge >= 0.3 is 0 Å². The summed E-state index contributed by atoms with van der Waals surface area (Å²) in [5.41, 5.74) is 0.208. The smallest absolute Gasteiger partial charge is 0.268 e. The molecule has 4 N–H and O–H groups in total. The number of hydrogen-bond donors (Lipinski definition) is 4. The molecule has 0 aliphatic carbocycles. The molecule has 0 aliphatic heterocycles. The molecule has 0 spiro atoms. The van der Waals surface area contributed by atoms with Crippen LogP contribution in [0.1, 0.15) is 5.76 Å². The highest BCUT2D eigenvalue weighted by molar-refractivity contribution is 7.98. The average Bonchev–Trinajstić information content (AvgIpc) is 3.10. The first-order valence-corrected chi connectivity index (χ1v) is 7.96. The highest BCUT2D eigenvalue weighted by Crippen LogP contribution is 2.24. The molecule has 0 unspecified atom stereocenters. The molecule has 0 aromatic carbocycles. The van der Waals surface area contributed by atoms with E-state index in [-0.39, 0.29) is 24.4 Å². The van der Waals surface area contributed by atoms with Crippen molar-refractivity contribution in [3.63, 3.8) is 0 Å². The Morgan fingerprint density at radius 3 is 2.88 bits per heavy atom. The predicted molar refractivity (Wildman–Crippen MR) is 85.6 cm³/mol. The highest BCUT2D eigenvalue weighted by Gasteiger charge is 2.14. The van der Waals surface area contributed by atoms with Crippen molar-refractivity contribution in [2.75, 3.05) is 18.5 Å². The molecule has 126 valence electrons. The van der Waals surface area contributed by atoms with Crippen molar-refractivity contribution < 1.29 is 14.7 Å². The summed E-state index contributed by atoms with van der Waals surface area (Å²) >= 11 is 1.28. The van der Waals surface area contributed by atoms with Gasteiger partial charge in [0.25, 0.3) is 5.56 Å².